The molecule has 1 rings (SSSR count). The Labute approximate surface area is 175 Å². The summed E-state index contributed by atoms with van der Waals surface area (Å²) in [6.45, 7) is 3.18. The van der Waals surface area contributed by atoms with E-state index in [1.165, 1.54) is 83.5 Å². The lowest BCUT2D eigenvalue weighted by Crippen LogP contribution is -2.06. The minimum absolute atomic E-state index is 0.419. The molecule has 154 valence electrons. The van der Waals surface area contributed by atoms with Crippen molar-refractivity contribution >= 4 is 30.4 Å². The lowest BCUT2D eigenvalue weighted by Gasteiger charge is -2.05. The number of H-pyrrole nitrogens is 2. The Kier molecular flexibility index (Phi) is 15.2. The second-order valence-electron chi connectivity index (χ2n) is 7.21. The summed E-state index contributed by atoms with van der Waals surface area (Å²) in [6.07, 6.45) is 23.3. The van der Waals surface area contributed by atoms with Gasteiger partial charge in [-0.15, -0.1) is 0 Å². The van der Waals surface area contributed by atoms with E-state index in [-0.39, 0.29) is 0 Å². The van der Waals surface area contributed by atoms with Crippen LogP contribution in [0.2, 0.25) is 0 Å². The van der Waals surface area contributed by atoms with E-state index in [0.717, 1.165) is 13.0 Å². The Morgan fingerprint density at radius 1 is 0.778 bits per heavy atom. The van der Waals surface area contributed by atoms with E-state index in [4.69, 9.17) is 24.4 Å². The van der Waals surface area contributed by atoms with E-state index in [1.807, 2.05) is 0 Å². The van der Waals surface area contributed by atoms with Gasteiger partial charge in [-0.3, -0.25) is 0 Å². The molecule has 4 nitrogen and oxygen atoms in total. The topological polar surface area (TPSA) is 56.5 Å². The van der Waals surface area contributed by atoms with E-state index < -0.39 is 0 Å². The Hall–Kier alpha value is -1.01. The predicted molar refractivity (Wildman–Crippen MR) is 123 cm³/mol. The SMILES string of the molecule is CCCCCCCC/C=C/CCCCCCCCNc1nc(=S)[nH]c(=S)[nH]1. The lowest BCUT2D eigenvalue weighted by molar-refractivity contribution is 0.602. The number of aromatic nitrogens is 3. The average Bonchev–Trinajstić information content (AvgIpc) is 2.63. The highest BCUT2D eigenvalue weighted by molar-refractivity contribution is 7.71. The molecule has 3 N–H and O–H groups in total. The zero-order chi connectivity index (χ0) is 19.6. The first-order chi connectivity index (χ1) is 13.2. The highest BCUT2D eigenvalue weighted by atomic mass is 32.1. The summed E-state index contributed by atoms with van der Waals surface area (Å²) < 4.78 is 0.931. The van der Waals surface area contributed by atoms with Gasteiger partial charge < -0.3 is 15.3 Å². The third-order valence-electron chi connectivity index (χ3n) is 4.65. The van der Waals surface area contributed by atoms with Crippen molar-refractivity contribution in [3.05, 3.63) is 21.7 Å². The van der Waals surface area contributed by atoms with E-state index in [0.29, 0.717) is 15.5 Å². The van der Waals surface area contributed by atoms with Gasteiger partial charge in [0.25, 0.3) is 0 Å². The van der Waals surface area contributed by atoms with Crippen LogP contribution in [0.1, 0.15) is 96.8 Å². The highest BCUT2D eigenvalue weighted by Crippen LogP contribution is 2.10. The number of nitrogens with one attached hydrogen (secondary N) is 3. The van der Waals surface area contributed by atoms with Crippen LogP contribution >= 0.6 is 24.4 Å². The van der Waals surface area contributed by atoms with Gasteiger partial charge in [0.15, 0.2) is 4.77 Å². The molecule has 6 heteroatoms. The van der Waals surface area contributed by atoms with Crippen LogP contribution in [0.5, 0.6) is 0 Å². The molecule has 0 bridgehead atoms. The molecule has 0 fully saturated rings. The molecule has 0 atom stereocenters. The summed E-state index contributed by atoms with van der Waals surface area (Å²) in [5.41, 5.74) is 0. The summed E-state index contributed by atoms with van der Waals surface area (Å²) in [6, 6.07) is 0. The summed E-state index contributed by atoms with van der Waals surface area (Å²) in [4.78, 5) is 9.92. The number of anilines is 1. The van der Waals surface area contributed by atoms with E-state index in [2.05, 4.69) is 39.3 Å². The second-order valence-corrected chi connectivity index (χ2v) is 8.00. The first-order valence-electron chi connectivity index (χ1n) is 10.8. The van der Waals surface area contributed by atoms with Crippen LogP contribution in [0.4, 0.5) is 5.95 Å². The van der Waals surface area contributed by atoms with Crippen molar-refractivity contribution in [2.45, 2.75) is 96.8 Å². The molecule has 0 radical (unpaired) electrons. The van der Waals surface area contributed by atoms with Gasteiger partial charge in [-0.1, -0.05) is 76.9 Å². The van der Waals surface area contributed by atoms with E-state index in [1.54, 1.807) is 0 Å². The van der Waals surface area contributed by atoms with Crippen molar-refractivity contribution in [1.29, 1.82) is 0 Å². The monoisotopic (exact) mass is 410 g/mol. The molecule has 0 amide bonds. The van der Waals surface area contributed by atoms with Crippen molar-refractivity contribution in [3.8, 4) is 0 Å². The van der Waals surface area contributed by atoms with Crippen LogP contribution in [-0.2, 0) is 0 Å². The van der Waals surface area contributed by atoms with Crippen molar-refractivity contribution < 1.29 is 0 Å². The number of nitrogens with zero attached hydrogens (tertiary/aromatic N) is 1. The quantitative estimate of drug-likeness (QED) is 0.140. The molecule has 0 spiro atoms. The fraction of sp³-hybridized carbons (Fsp3) is 0.762. The van der Waals surface area contributed by atoms with Crippen LogP contribution in [-0.4, -0.2) is 21.5 Å². The second kappa shape index (κ2) is 17.1. The number of allylic oxidation sites excluding steroid dienone is 2. The summed E-state index contributed by atoms with van der Waals surface area (Å²) in [5, 5.41) is 3.25. The number of unbranched alkanes of at least 4 members (excludes halogenated alkanes) is 12. The van der Waals surface area contributed by atoms with Crippen LogP contribution < -0.4 is 5.32 Å². The number of hydrogen-bond acceptors (Lipinski definition) is 4. The maximum atomic E-state index is 5.04. The normalized spacial score (nSPS) is 11.3. The van der Waals surface area contributed by atoms with Crippen molar-refractivity contribution in [1.82, 2.24) is 15.0 Å². The Bertz CT molecular complexity index is 578. The van der Waals surface area contributed by atoms with Gasteiger partial charge >= 0.3 is 0 Å². The van der Waals surface area contributed by atoms with Crippen molar-refractivity contribution in [2.75, 3.05) is 11.9 Å². The van der Waals surface area contributed by atoms with Gasteiger partial charge in [0.2, 0.25) is 10.7 Å². The lowest BCUT2D eigenvalue weighted by atomic mass is 10.1. The van der Waals surface area contributed by atoms with Crippen LogP contribution in [0.15, 0.2) is 12.2 Å². The van der Waals surface area contributed by atoms with E-state index in [9.17, 15) is 0 Å². The highest BCUT2D eigenvalue weighted by Gasteiger charge is 1.95. The third-order valence-corrected chi connectivity index (χ3v) is 5.04. The van der Waals surface area contributed by atoms with Gasteiger partial charge in [-0.05, 0) is 56.5 Å². The third kappa shape index (κ3) is 14.7. The van der Waals surface area contributed by atoms with Gasteiger partial charge in [0.05, 0.1) is 0 Å². The van der Waals surface area contributed by atoms with Gasteiger partial charge in [-0.2, -0.15) is 4.98 Å². The Morgan fingerprint density at radius 3 is 1.93 bits per heavy atom. The summed E-state index contributed by atoms with van der Waals surface area (Å²) in [7, 11) is 0. The fourth-order valence-electron chi connectivity index (χ4n) is 3.06. The van der Waals surface area contributed by atoms with Crippen molar-refractivity contribution in [2.24, 2.45) is 0 Å². The first kappa shape index (κ1) is 24.0. The zero-order valence-electron chi connectivity index (χ0n) is 17.0. The molecule has 0 unspecified atom stereocenters. The standard InChI is InChI=1S/C21H38N4S2/c1-2-3-4-5-6-7-8-9-10-11-12-13-14-15-16-17-18-22-19-23-20(26)25-21(27)24-19/h9-10H,2-8,11-18H2,1H3,(H3,22,23,24,25,26,27)/b10-9+. The maximum absolute atomic E-state index is 5.04. The molecule has 0 saturated carbocycles. The molecule has 1 aromatic heterocycles. The Morgan fingerprint density at radius 2 is 1.33 bits per heavy atom. The molecule has 1 aromatic rings. The Balaban J connectivity index is 1.84. The zero-order valence-corrected chi connectivity index (χ0v) is 18.7. The number of rotatable bonds is 17. The molecule has 1 heterocycles. The summed E-state index contributed by atoms with van der Waals surface area (Å²) >= 11 is 10.1. The smallest absolute Gasteiger partial charge is 0.205 e. The van der Waals surface area contributed by atoms with Gasteiger partial charge in [0, 0.05) is 6.54 Å². The summed E-state index contributed by atoms with van der Waals surface area (Å²) in [5.74, 6) is 0.663. The average molecular weight is 411 g/mol. The van der Waals surface area contributed by atoms with Gasteiger partial charge in [0.1, 0.15) is 0 Å². The van der Waals surface area contributed by atoms with Crippen LogP contribution in [0.3, 0.4) is 0 Å². The molecular formula is C21H38N4S2. The maximum Gasteiger partial charge on any atom is 0.205 e. The molecule has 0 aliphatic heterocycles. The first-order valence-corrected chi connectivity index (χ1v) is 11.6. The van der Waals surface area contributed by atoms with Crippen molar-refractivity contribution in [3.63, 3.8) is 0 Å². The minimum Gasteiger partial charge on any atom is -0.356 e. The fourth-order valence-corrected chi connectivity index (χ4v) is 3.51. The van der Waals surface area contributed by atoms with Gasteiger partial charge in [-0.25, -0.2) is 0 Å². The van der Waals surface area contributed by atoms with E-state index >= 15 is 0 Å². The largest absolute Gasteiger partial charge is 0.356 e. The molecule has 0 saturated heterocycles. The molecule has 0 aromatic carbocycles. The number of hydrogen-bond donors (Lipinski definition) is 3. The number of aromatic amines is 2. The van der Waals surface area contributed by atoms with Crippen LogP contribution in [0, 0.1) is 9.54 Å². The predicted octanol–water partition coefficient (Wildman–Crippen LogP) is 7.65. The van der Waals surface area contributed by atoms with Crippen LogP contribution in [0.25, 0.3) is 0 Å². The molecule has 27 heavy (non-hydrogen) atoms. The molecule has 0 aliphatic carbocycles. The molecule has 0 aliphatic rings. The molecular weight excluding hydrogens is 372 g/mol. The minimum atomic E-state index is 0.419.